The average Bonchev–Trinajstić information content (AvgIpc) is 2.68. The van der Waals surface area contributed by atoms with E-state index in [2.05, 4.69) is 5.32 Å². The third kappa shape index (κ3) is 3.00. The standard InChI is InChI=1S/C13H14ClNO4/c1-3-18-13-11(10(14)12(16)19-13)15-8-4-6-9(17-2)7-5-8/h4-7,13,15H,3H2,1-2H3/t13-/m1/s1. The number of anilines is 1. The summed E-state index contributed by atoms with van der Waals surface area (Å²) in [6.07, 6.45) is -0.785. The number of methoxy groups -OCH3 is 1. The highest BCUT2D eigenvalue weighted by Crippen LogP contribution is 2.28. The second kappa shape index (κ2) is 5.95. The van der Waals surface area contributed by atoms with E-state index in [0.717, 1.165) is 11.4 Å². The van der Waals surface area contributed by atoms with Gasteiger partial charge in [-0.2, -0.15) is 0 Å². The molecule has 0 bridgehead atoms. The van der Waals surface area contributed by atoms with Crippen molar-refractivity contribution in [3.8, 4) is 5.75 Å². The van der Waals surface area contributed by atoms with E-state index in [4.69, 9.17) is 25.8 Å². The minimum Gasteiger partial charge on any atom is -0.497 e. The number of benzene rings is 1. The van der Waals surface area contributed by atoms with Crippen LogP contribution in [0.2, 0.25) is 0 Å². The van der Waals surface area contributed by atoms with Crippen molar-refractivity contribution < 1.29 is 19.0 Å². The number of hydrogen-bond acceptors (Lipinski definition) is 5. The van der Waals surface area contributed by atoms with Gasteiger partial charge in [-0.15, -0.1) is 0 Å². The summed E-state index contributed by atoms with van der Waals surface area (Å²) in [5.41, 5.74) is 1.18. The van der Waals surface area contributed by atoms with Gasteiger partial charge in [0.2, 0.25) is 6.29 Å². The molecule has 0 amide bonds. The van der Waals surface area contributed by atoms with Gasteiger partial charge in [-0.1, -0.05) is 11.6 Å². The van der Waals surface area contributed by atoms with Crippen LogP contribution in [0.4, 0.5) is 5.69 Å². The number of esters is 1. The van der Waals surface area contributed by atoms with E-state index in [1.54, 1.807) is 19.2 Å². The van der Waals surface area contributed by atoms with Crippen LogP contribution in [0, 0.1) is 0 Å². The van der Waals surface area contributed by atoms with E-state index in [0.29, 0.717) is 12.3 Å². The zero-order chi connectivity index (χ0) is 13.8. The second-order valence-corrected chi connectivity index (χ2v) is 4.15. The first-order valence-corrected chi connectivity index (χ1v) is 6.16. The van der Waals surface area contributed by atoms with Crippen molar-refractivity contribution in [3.63, 3.8) is 0 Å². The highest BCUT2D eigenvalue weighted by Gasteiger charge is 2.34. The molecule has 102 valence electrons. The minimum absolute atomic E-state index is 0.00858. The molecule has 1 aromatic carbocycles. The lowest BCUT2D eigenvalue weighted by Crippen LogP contribution is -2.20. The van der Waals surface area contributed by atoms with Crippen molar-refractivity contribution >= 4 is 23.3 Å². The zero-order valence-corrected chi connectivity index (χ0v) is 11.4. The molecule has 0 aromatic heterocycles. The Kier molecular flexibility index (Phi) is 4.29. The summed E-state index contributed by atoms with van der Waals surface area (Å²) in [7, 11) is 1.59. The Hall–Kier alpha value is -1.72. The van der Waals surface area contributed by atoms with Crippen LogP contribution < -0.4 is 10.1 Å². The summed E-state index contributed by atoms with van der Waals surface area (Å²) >= 11 is 5.91. The number of ether oxygens (including phenoxy) is 3. The van der Waals surface area contributed by atoms with E-state index in [1.807, 2.05) is 19.1 Å². The van der Waals surface area contributed by atoms with Crippen LogP contribution >= 0.6 is 11.6 Å². The van der Waals surface area contributed by atoms with Gasteiger partial charge in [-0.25, -0.2) is 4.79 Å². The summed E-state index contributed by atoms with van der Waals surface area (Å²) in [4.78, 5) is 11.4. The average molecular weight is 284 g/mol. The molecule has 0 saturated heterocycles. The van der Waals surface area contributed by atoms with Crippen molar-refractivity contribution in [3.05, 3.63) is 35.0 Å². The van der Waals surface area contributed by atoms with E-state index in [9.17, 15) is 4.79 Å². The van der Waals surface area contributed by atoms with Crippen molar-refractivity contribution in [2.45, 2.75) is 13.2 Å². The maximum atomic E-state index is 11.4. The highest BCUT2D eigenvalue weighted by atomic mass is 35.5. The van der Waals surface area contributed by atoms with Gasteiger partial charge in [0, 0.05) is 12.3 Å². The SMILES string of the molecule is CCO[C@@H]1OC(=O)C(Cl)=C1Nc1ccc(OC)cc1. The summed E-state index contributed by atoms with van der Waals surface area (Å²) in [6, 6.07) is 7.21. The number of nitrogens with one attached hydrogen (secondary N) is 1. The number of cyclic esters (lactones) is 1. The highest BCUT2D eigenvalue weighted by molar-refractivity contribution is 6.42. The van der Waals surface area contributed by atoms with Crippen LogP contribution in [0.1, 0.15) is 6.92 Å². The van der Waals surface area contributed by atoms with Crippen molar-refractivity contribution in [2.24, 2.45) is 0 Å². The van der Waals surface area contributed by atoms with E-state index < -0.39 is 12.3 Å². The van der Waals surface area contributed by atoms with Crippen LogP contribution in [0.25, 0.3) is 0 Å². The minimum atomic E-state index is -0.785. The van der Waals surface area contributed by atoms with Crippen LogP contribution in [-0.2, 0) is 14.3 Å². The molecule has 1 N–H and O–H groups in total. The Morgan fingerprint density at radius 2 is 2.05 bits per heavy atom. The Morgan fingerprint density at radius 1 is 1.37 bits per heavy atom. The van der Waals surface area contributed by atoms with Gasteiger partial charge >= 0.3 is 5.97 Å². The molecule has 0 fully saturated rings. The molecular formula is C13H14ClNO4. The number of rotatable bonds is 5. The summed E-state index contributed by atoms with van der Waals surface area (Å²) in [6.45, 7) is 2.22. The van der Waals surface area contributed by atoms with E-state index in [1.165, 1.54) is 0 Å². The van der Waals surface area contributed by atoms with Gasteiger partial charge in [0.15, 0.2) is 5.03 Å². The van der Waals surface area contributed by atoms with Crippen LogP contribution in [0.15, 0.2) is 35.0 Å². The fourth-order valence-corrected chi connectivity index (χ4v) is 1.81. The predicted octanol–water partition coefficient (Wildman–Crippen LogP) is 2.48. The Morgan fingerprint density at radius 3 is 2.63 bits per heavy atom. The molecule has 0 aliphatic carbocycles. The molecule has 1 aromatic rings. The van der Waals surface area contributed by atoms with Gasteiger partial charge in [-0.05, 0) is 31.2 Å². The first-order valence-electron chi connectivity index (χ1n) is 5.79. The molecule has 0 radical (unpaired) electrons. The Bertz CT molecular complexity index is 498. The first-order chi connectivity index (χ1) is 9.15. The number of hydrogen-bond donors (Lipinski definition) is 1. The van der Waals surface area contributed by atoms with Gasteiger partial charge in [0.1, 0.15) is 11.4 Å². The largest absolute Gasteiger partial charge is 0.497 e. The number of carbonyl (C=O) groups is 1. The lowest BCUT2D eigenvalue weighted by molar-refractivity contribution is -0.158. The van der Waals surface area contributed by atoms with E-state index in [-0.39, 0.29) is 5.03 Å². The molecule has 6 heteroatoms. The van der Waals surface area contributed by atoms with E-state index >= 15 is 0 Å². The molecule has 19 heavy (non-hydrogen) atoms. The summed E-state index contributed by atoms with van der Waals surface area (Å²) < 4.78 is 15.4. The quantitative estimate of drug-likeness (QED) is 0.841. The molecule has 0 saturated carbocycles. The second-order valence-electron chi connectivity index (χ2n) is 3.77. The van der Waals surface area contributed by atoms with Crippen molar-refractivity contribution in [2.75, 3.05) is 19.0 Å². The molecule has 0 spiro atoms. The maximum Gasteiger partial charge on any atom is 0.354 e. The van der Waals surface area contributed by atoms with Crippen LogP contribution in [0.3, 0.4) is 0 Å². The van der Waals surface area contributed by atoms with Crippen molar-refractivity contribution in [1.82, 2.24) is 0 Å². The smallest absolute Gasteiger partial charge is 0.354 e. The van der Waals surface area contributed by atoms with Crippen LogP contribution in [0.5, 0.6) is 5.75 Å². The molecule has 5 nitrogen and oxygen atoms in total. The summed E-state index contributed by atoms with van der Waals surface area (Å²) in [5, 5.41) is 3.04. The molecule has 0 unspecified atom stereocenters. The third-order valence-electron chi connectivity index (χ3n) is 2.55. The Labute approximate surface area is 116 Å². The molecule has 2 rings (SSSR count). The third-order valence-corrected chi connectivity index (χ3v) is 2.91. The molecule has 1 aliphatic rings. The molecule has 1 aliphatic heterocycles. The zero-order valence-electron chi connectivity index (χ0n) is 10.6. The lowest BCUT2D eigenvalue weighted by atomic mass is 10.3. The predicted molar refractivity (Wildman–Crippen MR) is 71.0 cm³/mol. The Balaban J connectivity index is 2.17. The van der Waals surface area contributed by atoms with Crippen LogP contribution in [-0.4, -0.2) is 26.0 Å². The monoisotopic (exact) mass is 283 g/mol. The topological polar surface area (TPSA) is 56.8 Å². The van der Waals surface area contributed by atoms with Gasteiger partial charge in [0.25, 0.3) is 0 Å². The van der Waals surface area contributed by atoms with Gasteiger partial charge < -0.3 is 19.5 Å². The van der Waals surface area contributed by atoms with Crippen molar-refractivity contribution in [1.29, 1.82) is 0 Å². The molecule has 1 atom stereocenters. The fraction of sp³-hybridized carbons (Fsp3) is 0.308. The lowest BCUT2D eigenvalue weighted by Gasteiger charge is -2.15. The number of carbonyl (C=O) groups excluding carboxylic acids is 1. The molecule has 1 heterocycles. The first kappa shape index (κ1) is 13.7. The van der Waals surface area contributed by atoms with Gasteiger partial charge in [0.05, 0.1) is 7.11 Å². The molecular weight excluding hydrogens is 270 g/mol. The number of halogens is 1. The normalized spacial score (nSPS) is 18.5. The van der Waals surface area contributed by atoms with Gasteiger partial charge in [-0.3, -0.25) is 0 Å². The fourth-order valence-electron chi connectivity index (χ4n) is 1.63. The summed E-state index contributed by atoms with van der Waals surface area (Å²) in [5.74, 6) is 0.155. The maximum absolute atomic E-state index is 11.4.